The number of ether oxygens (including phenoxy) is 1. The maximum absolute atomic E-state index is 13.4. The maximum atomic E-state index is 13.4. The van der Waals surface area contributed by atoms with Crippen molar-refractivity contribution in [3.05, 3.63) is 93.5 Å². The van der Waals surface area contributed by atoms with E-state index in [4.69, 9.17) is 27.9 Å². The molecule has 4 aromatic rings. The molecule has 3 aromatic carbocycles. The van der Waals surface area contributed by atoms with Gasteiger partial charge in [0, 0.05) is 15.6 Å². The molecule has 0 saturated carbocycles. The summed E-state index contributed by atoms with van der Waals surface area (Å²) < 4.78 is 6.56. The number of amides is 1. The Hall–Kier alpha value is -3.39. The van der Waals surface area contributed by atoms with Crippen molar-refractivity contribution in [3.63, 3.8) is 0 Å². The number of fused-ring (bicyclic) bond motifs is 1. The number of aliphatic hydroxyl groups excluding tert-OH is 1. The first-order valence-electron chi connectivity index (χ1n) is 11.7. The molecular formula is C28H22Cl2N2O4S. The monoisotopic (exact) mass is 552 g/mol. The van der Waals surface area contributed by atoms with Gasteiger partial charge in [0.1, 0.15) is 11.5 Å². The van der Waals surface area contributed by atoms with E-state index in [-0.39, 0.29) is 11.3 Å². The molecule has 0 radical (unpaired) electrons. The minimum Gasteiger partial charge on any atom is -0.507 e. The quantitative estimate of drug-likeness (QED) is 0.112. The summed E-state index contributed by atoms with van der Waals surface area (Å²) in [5.41, 5.74) is 1.64. The van der Waals surface area contributed by atoms with Crippen molar-refractivity contribution in [2.45, 2.75) is 25.8 Å². The topological polar surface area (TPSA) is 79.7 Å². The number of rotatable bonds is 7. The largest absolute Gasteiger partial charge is 0.507 e. The Morgan fingerprint density at radius 1 is 1.03 bits per heavy atom. The van der Waals surface area contributed by atoms with Gasteiger partial charge in [0.25, 0.3) is 5.78 Å². The highest BCUT2D eigenvalue weighted by Gasteiger charge is 2.48. The van der Waals surface area contributed by atoms with E-state index >= 15 is 0 Å². The Kier molecular flexibility index (Phi) is 7.20. The molecule has 1 atom stereocenters. The number of carbonyl (C=O) groups excluding carboxylic acids is 2. The Labute approximate surface area is 227 Å². The number of ketones is 1. The third-order valence-electron chi connectivity index (χ3n) is 6.07. The lowest BCUT2D eigenvalue weighted by molar-refractivity contribution is -0.132. The summed E-state index contributed by atoms with van der Waals surface area (Å²) in [6.07, 6.45) is 1.95. The van der Waals surface area contributed by atoms with Gasteiger partial charge in [0.2, 0.25) is 0 Å². The number of hydrogen-bond acceptors (Lipinski definition) is 6. The minimum absolute atomic E-state index is 0.0238. The fourth-order valence-corrected chi connectivity index (χ4v) is 5.57. The predicted octanol–water partition coefficient (Wildman–Crippen LogP) is 7.41. The molecule has 0 bridgehead atoms. The number of aliphatic hydroxyl groups is 1. The van der Waals surface area contributed by atoms with Gasteiger partial charge in [-0.15, -0.1) is 0 Å². The van der Waals surface area contributed by atoms with Crippen LogP contribution in [0.3, 0.4) is 0 Å². The normalized spacial score (nSPS) is 17.1. The molecule has 1 aromatic heterocycles. The average molecular weight is 553 g/mol. The van der Waals surface area contributed by atoms with E-state index in [2.05, 4.69) is 11.9 Å². The second-order valence-corrected chi connectivity index (χ2v) is 10.4. The lowest BCUT2D eigenvalue weighted by Crippen LogP contribution is -2.29. The van der Waals surface area contributed by atoms with Crippen LogP contribution >= 0.6 is 34.5 Å². The van der Waals surface area contributed by atoms with Gasteiger partial charge >= 0.3 is 5.91 Å². The standard InChI is InChI=1S/C28H22Cl2N2O4S/c1-2-3-14-36-20-11-6-16(7-12-20)24-23(25(33)17-4-8-18(29)9-5-17)26(34)27(35)32(24)28-31-21-13-10-19(30)15-22(21)37-28/h4-13,15,24,33H,2-3,14H2,1H3. The summed E-state index contributed by atoms with van der Waals surface area (Å²) in [5.74, 6) is -1.16. The molecule has 37 heavy (non-hydrogen) atoms. The van der Waals surface area contributed by atoms with Crippen LogP contribution in [0.1, 0.15) is 36.9 Å². The second kappa shape index (κ2) is 10.5. The van der Waals surface area contributed by atoms with Crippen molar-refractivity contribution in [2.75, 3.05) is 11.5 Å². The first kappa shape index (κ1) is 25.3. The summed E-state index contributed by atoms with van der Waals surface area (Å²) in [5, 5.41) is 12.6. The molecule has 5 rings (SSSR count). The predicted molar refractivity (Wildman–Crippen MR) is 148 cm³/mol. The number of unbranched alkanes of at least 4 members (excludes halogenated alkanes) is 1. The van der Waals surface area contributed by atoms with Crippen molar-refractivity contribution in [3.8, 4) is 5.75 Å². The van der Waals surface area contributed by atoms with Crippen LogP contribution in [-0.4, -0.2) is 28.4 Å². The maximum Gasteiger partial charge on any atom is 0.301 e. The van der Waals surface area contributed by atoms with Crippen molar-refractivity contribution < 1.29 is 19.4 Å². The molecule has 2 heterocycles. The molecule has 1 aliphatic heterocycles. The van der Waals surface area contributed by atoms with E-state index in [1.54, 1.807) is 66.7 Å². The number of hydrogen-bond donors (Lipinski definition) is 1. The van der Waals surface area contributed by atoms with Gasteiger partial charge in [-0.2, -0.15) is 0 Å². The van der Waals surface area contributed by atoms with E-state index in [9.17, 15) is 14.7 Å². The van der Waals surface area contributed by atoms with Crippen LogP contribution in [0.25, 0.3) is 16.0 Å². The van der Waals surface area contributed by atoms with E-state index in [0.29, 0.717) is 44.2 Å². The van der Waals surface area contributed by atoms with E-state index in [1.165, 1.54) is 16.2 Å². The highest BCUT2D eigenvalue weighted by Crippen LogP contribution is 2.44. The number of nitrogens with zero attached hydrogens (tertiary/aromatic N) is 2. The van der Waals surface area contributed by atoms with Crippen molar-refractivity contribution >= 4 is 67.3 Å². The van der Waals surface area contributed by atoms with Crippen LogP contribution < -0.4 is 9.64 Å². The zero-order valence-corrected chi connectivity index (χ0v) is 22.1. The van der Waals surface area contributed by atoms with Gasteiger partial charge in [0.05, 0.1) is 28.4 Å². The molecule has 0 spiro atoms. The van der Waals surface area contributed by atoms with Crippen LogP contribution in [0, 0.1) is 0 Å². The zero-order chi connectivity index (χ0) is 26.1. The molecule has 1 amide bonds. The molecule has 1 unspecified atom stereocenters. The highest BCUT2D eigenvalue weighted by atomic mass is 35.5. The van der Waals surface area contributed by atoms with E-state index in [1.807, 2.05) is 0 Å². The van der Waals surface area contributed by atoms with Crippen molar-refractivity contribution in [1.29, 1.82) is 0 Å². The number of carbonyl (C=O) groups is 2. The van der Waals surface area contributed by atoms with Crippen molar-refractivity contribution in [1.82, 2.24) is 4.98 Å². The minimum atomic E-state index is -0.892. The third-order valence-corrected chi connectivity index (χ3v) is 7.57. The highest BCUT2D eigenvalue weighted by molar-refractivity contribution is 7.22. The first-order chi connectivity index (χ1) is 17.9. The molecule has 1 aliphatic rings. The fourth-order valence-electron chi connectivity index (χ4n) is 4.18. The van der Waals surface area contributed by atoms with Gasteiger partial charge in [-0.25, -0.2) is 4.98 Å². The Bertz CT molecular complexity index is 1510. The molecule has 1 saturated heterocycles. The number of anilines is 1. The number of Topliss-reactive ketones (excluding diaryl/α,β-unsaturated/α-hetero) is 1. The summed E-state index contributed by atoms with van der Waals surface area (Å²) in [6.45, 7) is 2.69. The molecule has 188 valence electrons. The Morgan fingerprint density at radius 2 is 1.73 bits per heavy atom. The van der Waals surface area contributed by atoms with Crippen LogP contribution in [-0.2, 0) is 9.59 Å². The van der Waals surface area contributed by atoms with E-state index in [0.717, 1.165) is 17.5 Å². The van der Waals surface area contributed by atoms with Crippen LogP contribution in [0.2, 0.25) is 10.0 Å². The van der Waals surface area contributed by atoms with Crippen LogP contribution in [0.15, 0.2) is 72.3 Å². The number of aromatic nitrogens is 1. The lowest BCUT2D eigenvalue weighted by Gasteiger charge is -2.23. The van der Waals surface area contributed by atoms with Crippen LogP contribution in [0.5, 0.6) is 5.75 Å². The summed E-state index contributed by atoms with van der Waals surface area (Å²) >= 11 is 13.4. The molecule has 1 N–H and O–H groups in total. The van der Waals surface area contributed by atoms with Gasteiger partial charge in [0.15, 0.2) is 5.13 Å². The summed E-state index contributed by atoms with van der Waals surface area (Å²) in [4.78, 5) is 32.7. The number of thiazole rings is 1. The first-order valence-corrected chi connectivity index (χ1v) is 13.3. The summed E-state index contributed by atoms with van der Waals surface area (Å²) in [7, 11) is 0. The van der Waals surface area contributed by atoms with Crippen molar-refractivity contribution in [2.24, 2.45) is 0 Å². The summed E-state index contributed by atoms with van der Waals surface area (Å²) in [6, 6.07) is 18.0. The van der Waals surface area contributed by atoms with Gasteiger partial charge in [-0.05, 0) is 66.6 Å². The molecule has 9 heteroatoms. The van der Waals surface area contributed by atoms with E-state index < -0.39 is 17.7 Å². The number of halogens is 2. The number of benzene rings is 3. The smallest absolute Gasteiger partial charge is 0.301 e. The lowest BCUT2D eigenvalue weighted by atomic mass is 9.95. The van der Waals surface area contributed by atoms with Gasteiger partial charge in [-0.3, -0.25) is 14.5 Å². The van der Waals surface area contributed by atoms with Crippen LogP contribution in [0.4, 0.5) is 5.13 Å². The SMILES string of the molecule is CCCCOc1ccc(C2C(=C(O)c3ccc(Cl)cc3)C(=O)C(=O)N2c2nc3ccc(Cl)cc3s2)cc1. The Morgan fingerprint density at radius 3 is 2.43 bits per heavy atom. The second-order valence-electron chi connectivity index (χ2n) is 8.56. The average Bonchev–Trinajstić information content (AvgIpc) is 3.42. The van der Waals surface area contributed by atoms with Gasteiger partial charge in [-0.1, -0.05) is 60.0 Å². The molecular weight excluding hydrogens is 531 g/mol. The third kappa shape index (κ3) is 4.94. The molecule has 0 aliphatic carbocycles. The zero-order valence-electron chi connectivity index (χ0n) is 19.8. The molecule has 6 nitrogen and oxygen atoms in total. The Balaban J connectivity index is 1.64. The van der Waals surface area contributed by atoms with Gasteiger partial charge < -0.3 is 9.84 Å². The fraction of sp³-hybridized carbons (Fsp3) is 0.179. The molecule has 1 fully saturated rings.